The molecule has 4 rings (SSSR count). The van der Waals surface area contributed by atoms with E-state index in [9.17, 15) is 4.39 Å². The highest BCUT2D eigenvalue weighted by atomic mass is 19.1. The molecular weight excluding hydrogens is 277 g/mol. The van der Waals surface area contributed by atoms with E-state index in [4.69, 9.17) is 0 Å². The second-order valence-electron chi connectivity index (χ2n) is 6.54. The van der Waals surface area contributed by atoms with Gasteiger partial charge in [-0.2, -0.15) is 4.39 Å². The number of piperidine rings is 2. The number of hydrogen-bond donors (Lipinski definition) is 0. The van der Waals surface area contributed by atoms with Crippen molar-refractivity contribution in [2.75, 3.05) is 19.6 Å². The quantitative estimate of drug-likeness (QED) is 0.795. The van der Waals surface area contributed by atoms with Crippen LogP contribution in [0.2, 0.25) is 0 Å². The van der Waals surface area contributed by atoms with Gasteiger partial charge in [-0.3, -0.25) is 4.98 Å². The molecule has 2 bridgehead atoms. The normalized spacial score (nSPS) is 27.6. The fourth-order valence-electron chi connectivity index (χ4n) is 4.09. The van der Waals surface area contributed by atoms with Crippen molar-refractivity contribution in [3.8, 4) is 11.3 Å². The molecule has 2 aliphatic heterocycles. The van der Waals surface area contributed by atoms with Crippen LogP contribution in [0, 0.1) is 5.95 Å². The van der Waals surface area contributed by atoms with Crippen LogP contribution in [0.15, 0.2) is 36.7 Å². The summed E-state index contributed by atoms with van der Waals surface area (Å²) in [6, 6.07) is 7.56. The Morgan fingerprint density at radius 3 is 2.55 bits per heavy atom. The summed E-state index contributed by atoms with van der Waals surface area (Å²) >= 11 is 0. The maximum Gasteiger partial charge on any atom is 0.222 e. The molecule has 2 aromatic rings. The Balaban J connectivity index is 1.66. The fourth-order valence-corrected chi connectivity index (χ4v) is 4.09. The summed E-state index contributed by atoms with van der Waals surface area (Å²) in [5.41, 5.74) is 2.70. The summed E-state index contributed by atoms with van der Waals surface area (Å²) in [6.07, 6.45) is 8.43. The highest BCUT2D eigenvalue weighted by Gasteiger charge is 2.39. The van der Waals surface area contributed by atoms with E-state index in [2.05, 4.69) is 20.9 Å². The standard InChI is InChI=1S/C18H20FN3/c19-17-15(4-1-9-20-17)16-6-5-14(12-21-16)18-7-2-10-22(13-18)11-3-8-18/h1,4-6,9,12H,2-3,7-8,10-11,13H2. The van der Waals surface area contributed by atoms with Gasteiger partial charge in [-0.1, -0.05) is 6.07 Å². The Morgan fingerprint density at radius 1 is 1.05 bits per heavy atom. The van der Waals surface area contributed by atoms with E-state index in [1.165, 1.54) is 50.5 Å². The van der Waals surface area contributed by atoms with Crippen LogP contribution in [0.4, 0.5) is 4.39 Å². The minimum Gasteiger partial charge on any atom is -0.302 e. The van der Waals surface area contributed by atoms with Gasteiger partial charge >= 0.3 is 0 Å². The average Bonchev–Trinajstić information content (AvgIpc) is 2.56. The molecule has 0 aliphatic carbocycles. The second-order valence-corrected chi connectivity index (χ2v) is 6.54. The van der Waals surface area contributed by atoms with Gasteiger partial charge in [0, 0.05) is 24.4 Å². The van der Waals surface area contributed by atoms with Gasteiger partial charge in [0.1, 0.15) is 0 Å². The van der Waals surface area contributed by atoms with Crippen molar-refractivity contribution >= 4 is 0 Å². The predicted octanol–water partition coefficient (Wildman–Crippen LogP) is 3.41. The van der Waals surface area contributed by atoms with Gasteiger partial charge in [-0.15, -0.1) is 0 Å². The summed E-state index contributed by atoms with van der Waals surface area (Å²) in [5.74, 6) is -0.456. The molecule has 0 N–H and O–H groups in total. The van der Waals surface area contributed by atoms with Crippen molar-refractivity contribution < 1.29 is 4.39 Å². The van der Waals surface area contributed by atoms with Gasteiger partial charge in [0.2, 0.25) is 5.95 Å². The van der Waals surface area contributed by atoms with Crippen molar-refractivity contribution in [3.63, 3.8) is 0 Å². The Bertz CT molecular complexity index is 658. The van der Waals surface area contributed by atoms with E-state index in [1.54, 1.807) is 12.1 Å². The molecular formula is C18H20FN3. The number of halogens is 1. The summed E-state index contributed by atoms with van der Waals surface area (Å²) in [5, 5.41) is 0. The largest absolute Gasteiger partial charge is 0.302 e. The van der Waals surface area contributed by atoms with Crippen LogP contribution in [0.5, 0.6) is 0 Å². The molecule has 0 unspecified atom stereocenters. The summed E-state index contributed by atoms with van der Waals surface area (Å²) < 4.78 is 13.8. The highest BCUT2D eigenvalue weighted by molar-refractivity contribution is 5.58. The first kappa shape index (κ1) is 13.8. The molecule has 0 amide bonds. The third-order valence-electron chi connectivity index (χ3n) is 5.20. The van der Waals surface area contributed by atoms with Crippen molar-refractivity contribution in [1.82, 2.24) is 14.9 Å². The summed E-state index contributed by atoms with van der Waals surface area (Å²) in [7, 11) is 0. The van der Waals surface area contributed by atoms with Crippen molar-refractivity contribution in [3.05, 3.63) is 48.2 Å². The van der Waals surface area contributed by atoms with Crippen LogP contribution in [0.3, 0.4) is 0 Å². The fraction of sp³-hybridized carbons (Fsp3) is 0.444. The highest BCUT2D eigenvalue weighted by Crippen LogP contribution is 2.41. The number of nitrogens with zero attached hydrogens (tertiary/aromatic N) is 3. The zero-order valence-electron chi connectivity index (χ0n) is 12.6. The molecule has 0 radical (unpaired) electrons. The average molecular weight is 297 g/mol. The van der Waals surface area contributed by atoms with Crippen LogP contribution in [0.25, 0.3) is 11.3 Å². The third-order valence-corrected chi connectivity index (χ3v) is 5.20. The lowest BCUT2D eigenvalue weighted by Crippen LogP contribution is -2.50. The molecule has 0 aromatic carbocycles. The Hall–Kier alpha value is -1.81. The molecule has 2 fully saturated rings. The topological polar surface area (TPSA) is 29.0 Å². The Morgan fingerprint density at radius 2 is 1.86 bits per heavy atom. The zero-order valence-corrected chi connectivity index (χ0v) is 12.6. The third kappa shape index (κ3) is 2.31. The van der Waals surface area contributed by atoms with Gasteiger partial charge < -0.3 is 4.90 Å². The summed E-state index contributed by atoms with van der Waals surface area (Å²) in [4.78, 5) is 10.8. The predicted molar refractivity (Wildman–Crippen MR) is 84.0 cm³/mol. The summed E-state index contributed by atoms with van der Waals surface area (Å²) in [6.45, 7) is 3.61. The molecule has 2 saturated heterocycles. The van der Waals surface area contributed by atoms with Crippen molar-refractivity contribution in [1.29, 1.82) is 0 Å². The number of pyridine rings is 2. The minimum atomic E-state index is -0.456. The smallest absolute Gasteiger partial charge is 0.222 e. The van der Waals surface area contributed by atoms with E-state index in [0.717, 1.165) is 6.54 Å². The van der Waals surface area contributed by atoms with Crippen LogP contribution < -0.4 is 0 Å². The second kappa shape index (κ2) is 5.43. The Labute approximate surface area is 130 Å². The lowest BCUT2D eigenvalue weighted by Gasteiger charge is -2.47. The first-order chi connectivity index (χ1) is 10.8. The van der Waals surface area contributed by atoms with Crippen LogP contribution in [-0.4, -0.2) is 34.5 Å². The molecule has 2 aromatic heterocycles. The molecule has 0 atom stereocenters. The Kier molecular flexibility index (Phi) is 3.41. The minimum absolute atomic E-state index is 0.259. The van der Waals surface area contributed by atoms with E-state index in [-0.39, 0.29) is 5.41 Å². The van der Waals surface area contributed by atoms with Crippen LogP contribution in [-0.2, 0) is 5.41 Å². The van der Waals surface area contributed by atoms with Gasteiger partial charge in [-0.05, 0) is 62.5 Å². The number of hydrogen-bond acceptors (Lipinski definition) is 3. The van der Waals surface area contributed by atoms with Crippen LogP contribution in [0.1, 0.15) is 31.2 Å². The van der Waals surface area contributed by atoms with Crippen molar-refractivity contribution in [2.24, 2.45) is 0 Å². The van der Waals surface area contributed by atoms with Crippen molar-refractivity contribution in [2.45, 2.75) is 31.1 Å². The number of fused-ring (bicyclic) bond motifs is 2. The maximum atomic E-state index is 13.8. The molecule has 4 heterocycles. The molecule has 4 heteroatoms. The van der Waals surface area contributed by atoms with E-state index in [1.807, 2.05) is 12.3 Å². The lowest BCUT2D eigenvalue weighted by atomic mass is 9.69. The molecule has 0 saturated carbocycles. The number of rotatable bonds is 2. The zero-order chi connectivity index (χ0) is 15.0. The SMILES string of the molecule is Fc1ncccc1-c1ccc(C23CCCN(CCC2)C3)cn1. The van der Waals surface area contributed by atoms with Gasteiger partial charge in [-0.25, -0.2) is 4.98 Å². The molecule has 22 heavy (non-hydrogen) atoms. The first-order valence-electron chi connectivity index (χ1n) is 8.07. The van der Waals surface area contributed by atoms with E-state index >= 15 is 0 Å². The maximum absolute atomic E-state index is 13.8. The first-order valence-corrected chi connectivity index (χ1v) is 8.07. The van der Waals surface area contributed by atoms with Gasteiger partial charge in [0.05, 0.1) is 11.3 Å². The van der Waals surface area contributed by atoms with Gasteiger partial charge in [0.15, 0.2) is 0 Å². The van der Waals surface area contributed by atoms with Gasteiger partial charge in [0.25, 0.3) is 0 Å². The monoisotopic (exact) mass is 297 g/mol. The van der Waals surface area contributed by atoms with E-state index in [0.29, 0.717) is 11.3 Å². The molecule has 3 nitrogen and oxygen atoms in total. The van der Waals surface area contributed by atoms with E-state index < -0.39 is 5.95 Å². The number of aromatic nitrogens is 2. The molecule has 2 aliphatic rings. The molecule has 114 valence electrons. The van der Waals surface area contributed by atoms with Crippen LogP contribution >= 0.6 is 0 Å². The lowest BCUT2D eigenvalue weighted by molar-refractivity contribution is 0.0941. The molecule has 0 spiro atoms.